The number of aliphatic imine (C=N–C) groups is 1. The van der Waals surface area contributed by atoms with Crippen molar-refractivity contribution in [3.8, 4) is 11.1 Å². The maximum absolute atomic E-state index is 6.00. The topological polar surface area (TPSA) is 73.4 Å². The number of aromatic nitrogens is 2. The zero-order chi connectivity index (χ0) is 15.0. The van der Waals surface area contributed by atoms with E-state index in [-0.39, 0.29) is 13.0 Å². The van der Waals surface area contributed by atoms with Crippen LogP contribution in [0.3, 0.4) is 0 Å². The van der Waals surface area contributed by atoms with Gasteiger partial charge in [0.05, 0.1) is 13.2 Å². The van der Waals surface area contributed by atoms with E-state index in [9.17, 15) is 0 Å². The van der Waals surface area contributed by atoms with Crippen molar-refractivity contribution < 1.29 is 4.74 Å². The smallest absolute Gasteiger partial charge is 0.154 e. The van der Waals surface area contributed by atoms with E-state index in [2.05, 4.69) is 34.2 Å². The molecule has 4 rings (SSSR count). The molecule has 1 aromatic heterocycles. The van der Waals surface area contributed by atoms with Crippen molar-refractivity contribution in [3.05, 3.63) is 48.5 Å². The van der Waals surface area contributed by atoms with Crippen molar-refractivity contribution in [2.24, 2.45) is 16.6 Å². The Labute approximate surface area is 140 Å². The van der Waals surface area contributed by atoms with Crippen molar-refractivity contribution in [2.75, 3.05) is 19.0 Å². The highest BCUT2D eigenvalue weighted by atomic mass is 32.2. The van der Waals surface area contributed by atoms with E-state index < -0.39 is 0 Å². The molecule has 5 nitrogen and oxygen atoms in total. The Morgan fingerprint density at radius 1 is 1.22 bits per heavy atom. The minimum Gasteiger partial charge on any atom is -0.379 e. The quantitative estimate of drug-likeness (QED) is 0.917. The predicted octanol–water partition coefficient (Wildman–Crippen LogP) is 2.68. The van der Waals surface area contributed by atoms with E-state index >= 15 is 0 Å². The number of hydrogen-bond acceptors (Lipinski definition) is 6. The number of nitrogens with zero attached hydrogens (tertiary/aromatic N) is 3. The Morgan fingerprint density at radius 2 is 2.04 bits per heavy atom. The van der Waals surface area contributed by atoms with Gasteiger partial charge in [-0.1, -0.05) is 37.4 Å². The molecular weight excluding hydrogens is 308 g/mol. The van der Waals surface area contributed by atoms with E-state index in [4.69, 9.17) is 15.5 Å². The van der Waals surface area contributed by atoms with Gasteiger partial charge in [-0.2, -0.15) is 0 Å². The van der Waals surface area contributed by atoms with E-state index in [0.717, 1.165) is 29.1 Å². The zero-order valence-electron chi connectivity index (χ0n) is 12.0. The molecule has 2 atom stereocenters. The Hall–Kier alpha value is -1.92. The molecule has 3 heterocycles. The fraction of sp³-hybridized carbons (Fsp3) is 0.353. The fourth-order valence-electron chi connectivity index (χ4n) is 3.14. The van der Waals surface area contributed by atoms with Gasteiger partial charge in [-0.05, 0) is 17.2 Å². The molecule has 1 aromatic carbocycles. The van der Waals surface area contributed by atoms with Crippen LogP contribution < -0.4 is 5.73 Å². The minimum absolute atomic E-state index is 0. The summed E-state index contributed by atoms with van der Waals surface area (Å²) < 4.78 is 5.74. The van der Waals surface area contributed by atoms with Gasteiger partial charge in [0.1, 0.15) is 11.9 Å². The lowest BCUT2D eigenvalue weighted by molar-refractivity contribution is 0.177. The molecule has 2 N–H and O–H groups in total. The maximum Gasteiger partial charge on any atom is 0.154 e. The summed E-state index contributed by atoms with van der Waals surface area (Å²) in [5, 5.41) is 0.648. The number of benzene rings is 1. The van der Waals surface area contributed by atoms with Crippen molar-refractivity contribution in [1.82, 2.24) is 9.97 Å². The summed E-state index contributed by atoms with van der Waals surface area (Å²) in [6, 6.07) is 8.39. The molecule has 0 amide bonds. The van der Waals surface area contributed by atoms with E-state index in [0.29, 0.717) is 17.7 Å². The second kappa shape index (κ2) is 6.29. The molecule has 6 heteroatoms. The Bertz CT molecular complexity index is 722. The monoisotopic (exact) mass is 328 g/mol. The first-order valence-electron chi connectivity index (χ1n) is 7.20. The third kappa shape index (κ3) is 2.72. The van der Waals surface area contributed by atoms with Gasteiger partial charge in [0.25, 0.3) is 0 Å². The van der Waals surface area contributed by atoms with Crippen LogP contribution in [0.25, 0.3) is 11.1 Å². The van der Waals surface area contributed by atoms with Gasteiger partial charge in [-0.15, -0.1) is 0 Å². The first-order chi connectivity index (χ1) is 10.8. The summed E-state index contributed by atoms with van der Waals surface area (Å²) >= 11 is 1.62. The summed E-state index contributed by atoms with van der Waals surface area (Å²) in [5.74, 6) is 1.32. The Balaban J connectivity index is 0.00000156. The van der Waals surface area contributed by atoms with Gasteiger partial charge in [-0.3, -0.25) is 0 Å². The number of fused-ring (bicyclic) bond motifs is 1. The second-order valence-corrected chi connectivity index (χ2v) is 6.65. The average Bonchev–Trinajstić information content (AvgIpc) is 3.00. The first kappa shape index (κ1) is 16.0. The van der Waals surface area contributed by atoms with Crippen LogP contribution in [0.5, 0.6) is 0 Å². The van der Waals surface area contributed by atoms with Crippen molar-refractivity contribution >= 4 is 16.9 Å². The molecule has 2 aromatic rings. The molecule has 0 unspecified atom stereocenters. The van der Waals surface area contributed by atoms with Crippen LogP contribution >= 0.6 is 11.8 Å². The Morgan fingerprint density at radius 3 is 2.87 bits per heavy atom. The van der Waals surface area contributed by atoms with Gasteiger partial charge < -0.3 is 10.5 Å². The summed E-state index contributed by atoms with van der Waals surface area (Å²) in [6.07, 6.45) is 5.18. The highest BCUT2D eigenvalue weighted by molar-refractivity contribution is 8.13. The van der Waals surface area contributed by atoms with Crippen LogP contribution in [-0.2, 0) is 10.3 Å². The molecule has 0 bridgehead atoms. The Kier molecular flexibility index (Phi) is 4.37. The zero-order valence-corrected chi connectivity index (χ0v) is 12.8. The van der Waals surface area contributed by atoms with Crippen LogP contribution in [0.4, 0.5) is 0 Å². The number of amidine groups is 1. The summed E-state index contributed by atoms with van der Waals surface area (Å²) in [5.41, 5.74) is 8.89. The summed E-state index contributed by atoms with van der Waals surface area (Å²) in [7, 11) is 0. The molecule has 120 valence electrons. The van der Waals surface area contributed by atoms with Crippen LogP contribution in [0.1, 0.15) is 13.0 Å². The van der Waals surface area contributed by atoms with Crippen molar-refractivity contribution in [1.29, 1.82) is 0 Å². The lowest BCUT2D eigenvalue weighted by Gasteiger charge is -2.34. The minimum atomic E-state index is -0.346. The molecule has 2 aliphatic rings. The fourth-order valence-corrected chi connectivity index (χ4v) is 4.11. The number of rotatable bonds is 2. The number of hydrogen-bond donors (Lipinski definition) is 1. The standard InChI is InChI=1S/C16H16N4OS.CH4/c17-15-20-16(9-21-7-14(16)8-22-15)13-3-1-2-11(4-13)12-5-18-10-19-6-12;/h1-6,10,14H,7-9H2,(H2,17,20);1H4/t14-,16+;/m0./s1. The first-order valence-corrected chi connectivity index (χ1v) is 8.18. The van der Waals surface area contributed by atoms with Crippen LogP contribution in [0, 0.1) is 5.92 Å². The molecular formula is C17H20N4OS. The predicted molar refractivity (Wildman–Crippen MR) is 94.3 cm³/mol. The lowest BCUT2D eigenvalue weighted by atomic mass is 9.81. The normalized spacial score (nSPS) is 26.1. The van der Waals surface area contributed by atoms with Gasteiger partial charge >= 0.3 is 0 Å². The molecule has 0 saturated carbocycles. The van der Waals surface area contributed by atoms with Crippen LogP contribution in [0.15, 0.2) is 48.0 Å². The molecule has 0 radical (unpaired) electrons. The molecule has 23 heavy (non-hydrogen) atoms. The van der Waals surface area contributed by atoms with Gasteiger partial charge in [0.2, 0.25) is 0 Å². The number of ether oxygens (including phenoxy) is 1. The molecule has 0 aliphatic carbocycles. The van der Waals surface area contributed by atoms with Crippen LogP contribution in [-0.4, -0.2) is 34.1 Å². The molecule has 0 spiro atoms. The van der Waals surface area contributed by atoms with E-state index in [1.165, 1.54) is 6.33 Å². The number of nitrogens with two attached hydrogens (primary N) is 1. The maximum atomic E-state index is 6.00. The van der Waals surface area contributed by atoms with Crippen molar-refractivity contribution in [3.63, 3.8) is 0 Å². The average molecular weight is 328 g/mol. The van der Waals surface area contributed by atoms with E-state index in [1.807, 2.05) is 12.4 Å². The largest absolute Gasteiger partial charge is 0.379 e. The highest BCUT2D eigenvalue weighted by Gasteiger charge is 2.47. The van der Waals surface area contributed by atoms with Gasteiger partial charge in [0.15, 0.2) is 5.17 Å². The molecule has 1 saturated heterocycles. The molecule has 2 aliphatic heterocycles. The summed E-state index contributed by atoms with van der Waals surface area (Å²) in [6.45, 7) is 1.33. The summed E-state index contributed by atoms with van der Waals surface area (Å²) in [4.78, 5) is 13.0. The SMILES string of the molecule is C.NC1=N[C@@]2(c3cccc(-c4cncnc4)c3)COC[C@H]2CS1. The van der Waals surface area contributed by atoms with Crippen LogP contribution in [0.2, 0.25) is 0 Å². The number of thioether (sulfide) groups is 1. The molecule has 1 fully saturated rings. The lowest BCUT2D eigenvalue weighted by Crippen LogP contribution is -2.39. The van der Waals surface area contributed by atoms with Gasteiger partial charge in [0, 0.05) is 29.6 Å². The van der Waals surface area contributed by atoms with Gasteiger partial charge in [-0.25, -0.2) is 15.0 Å². The third-order valence-corrected chi connectivity index (χ3v) is 5.27. The second-order valence-electron chi connectivity index (χ2n) is 5.61. The van der Waals surface area contributed by atoms with E-state index in [1.54, 1.807) is 11.8 Å². The van der Waals surface area contributed by atoms with Crippen molar-refractivity contribution in [2.45, 2.75) is 13.0 Å². The third-order valence-electron chi connectivity index (χ3n) is 4.31. The highest BCUT2D eigenvalue weighted by Crippen LogP contribution is 2.44.